The molecule has 0 spiro atoms. The quantitative estimate of drug-likeness (QED) is 0.767. The van der Waals surface area contributed by atoms with E-state index in [1.54, 1.807) is 0 Å². The lowest BCUT2D eigenvalue weighted by atomic mass is 10.1. The highest BCUT2D eigenvalue weighted by atomic mass is 19.3. The molecule has 0 aliphatic carbocycles. The van der Waals surface area contributed by atoms with Crippen molar-refractivity contribution in [2.45, 2.75) is 12.4 Å². The van der Waals surface area contributed by atoms with Gasteiger partial charge in [0.05, 0.1) is 6.10 Å². The van der Waals surface area contributed by atoms with Gasteiger partial charge in [-0.1, -0.05) is 12.1 Å². The molecule has 1 aliphatic heterocycles. The van der Waals surface area contributed by atoms with Crippen LogP contribution in [0.3, 0.4) is 0 Å². The highest BCUT2D eigenvalue weighted by Crippen LogP contribution is 2.41. The van der Waals surface area contributed by atoms with E-state index in [2.05, 4.69) is 16.1 Å². The van der Waals surface area contributed by atoms with Gasteiger partial charge in [0, 0.05) is 0 Å². The Balaban J connectivity index is 2.34. The van der Waals surface area contributed by atoms with Crippen LogP contribution in [0.4, 0.5) is 8.78 Å². The van der Waals surface area contributed by atoms with Crippen molar-refractivity contribution >= 4 is 0 Å². The Kier molecular flexibility index (Phi) is 2.12. The van der Waals surface area contributed by atoms with E-state index in [9.17, 15) is 13.9 Å². The SMILES string of the molecule is C=CC(O)c1ccc2c(c1)OC(F)(F)O2. The van der Waals surface area contributed by atoms with Crippen molar-refractivity contribution in [3.8, 4) is 11.5 Å². The molecule has 1 heterocycles. The summed E-state index contributed by atoms with van der Waals surface area (Å²) in [5, 5.41) is 9.39. The first-order chi connectivity index (χ1) is 7.02. The summed E-state index contributed by atoms with van der Waals surface area (Å²) in [5.41, 5.74) is 0.421. The van der Waals surface area contributed by atoms with E-state index < -0.39 is 12.4 Å². The Labute approximate surface area is 84.5 Å². The number of ether oxygens (including phenoxy) is 2. The molecule has 0 aromatic heterocycles. The third-order valence-electron chi connectivity index (χ3n) is 1.99. The molecule has 1 unspecified atom stereocenters. The molecule has 1 atom stereocenters. The van der Waals surface area contributed by atoms with Crippen molar-refractivity contribution in [1.82, 2.24) is 0 Å². The summed E-state index contributed by atoms with van der Waals surface area (Å²) in [7, 11) is 0. The lowest BCUT2D eigenvalue weighted by Gasteiger charge is -2.05. The monoisotopic (exact) mass is 214 g/mol. The normalized spacial score (nSPS) is 18.6. The van der Waals surface area contributed by atoms with Crippen LogP contribution in [0.15, 0.2) is 30.9 Å². The number of halogens is 2. The van der Waals surface area contributed by atoms with Crippen LogP contribution < -0.4 is 9.47 Å². The molecule has 80 valence electrons. The van der Waals surface area contributed by atoms with Gasteiger partial charge < -0.3 is 14.6 Å². The second kappa shape index (κ2) is 3.20. The van der Waals surface area contributed by atoms with Gasteiger partial charge in [-0.2, -0.15) is 0 Å². The highest BCUT2D eigenvalue weighted by Gasteiger charge is 2.43. The summed E-state index contributed by atoms with van der Waals surface area (Å²) in [5.74, 6) is -0.126. The third kappa shape index (κ3) is 1.78. The molecule has 5 heteroatoms. The highest BCUT2D eigenvalue weighted by molar-refractivity contribution is 5.46. The lowest BCUT2D eigenvalue weighted by molar-refractivity contribution is -0.286. The van der Waals surface area contributed by atoms with E-state index in [1.807, 2.05) is 0 Å². The Bertz CT molecular complexity index is 404. The molecule has 1 aromatic carbocycles. The Hall–Kier alpha value is -1.62. The average Bonchev–Trinajstić information content (AvgIpc) is 2.49. The molecule has 0 bridgehead atoms. The first-order valence-electron chi connectivity index (χ1n) is 4.22. The fourth-order valence-electron chi connectivity index (χ4n) is 1.29. The summed E-state index contributed by atoms with van der Waals surface area (Å²) in [6.45, 7) is 3.39. The standard InChI is InChI=1S/C10H8F2O3/c1-2-7(13)6-3-4-8-9(5-6)15-10(11,12)14-8/h2-5,7,13H,1H2. The molecular weight excluding hydrogens is 206 g/mol. The van der Waals surface area contributed by atoms with E-state index in [0.29, 0.717) is 5.56 Å². The van der Waals surface area contributed by atoms with E-state index >= 15 is 0 Å². The predicted molar refractivity (Wildman–Crippen MR) is 47.8 cm³/mol. The van der Waals surface area contributed by atoms with E-state index in [4.69, 9.17) is 0 Å². The second-order valence-electron chi connectivity index (χ2n) is 3.05. The van der Waals surface area contributed by atoms with Crippen LogP contribution in [0.2, 0.25) is 0 Å². The number of hydrogen-bond donors (Lipinski definition) is 1. The minimum absolute atomic E-state index is 0.0417. The summed E-state index contributed by atoms with van der Waals surface area (Å²) in [4.78, 5) is 0. The minimum atomic E-state index is -3.62. The molecule has 0 saturated carbocycles. The van der Waals surface area contributed by atoms with E-state index in [-0.39, 0.29) is 11.5 Å². The fraction of sp³-hybridized carbons (Fsp3) is 0.200. The maximum Gasteiger partial charge on any atom is 0.586 e. The molecule has 1 N–H and O–H groups in total. The number of hydrogen-bond acceptors (Lipinski definition) is 3. The predicted octanol–water partition coefficient (Wildman–Crippen LogP) is 2.23. The van der Waals surface area contributed by atoms with Crippen molar-refractivity contribution in [3.05, 3.63) is 36.4 Å². The largest absolute Gasteiger partial charge is 0.586 e. The van der Waals surface area contributed by atoms with Gasteiger partial charge in [0.1, 0.15) is 0 Å². The molecule has 3 nitrogen and oxygen atoms in total. The first-order valence-corrected chi connectivity index (χ1v) is 4.22. The zero-order chi connectivity index (χ0) is 11.1. The zero-order valence-electron chi connectivity index (χ0n) is 7.61. The van der Waals surface area contributed by atoms with Crippen LogP contribution >= 0.6 is 0 Å². The molecular formula is C10H8F2O3. The maximum atomic E-state index is 12.6. The van der Waals surface area contributed by atoms with Crippen molar-refractivity contribution in [3.63, 3.8) is 0 Å². The van der Waals surface area contributed by atoms with E-state index in [1.165, 1.54) is 24.3 Å². The molecule has 0 fully saturated rings. The topological polar surface area (TPSA) is 38.7 Å². The zero-order valence-corrected chi connectivity index (χ0v) is 7.61. The molecule has 1 aliphatic rings. The van der Waals surface area contributed by atoms with Gasteiger partial charge in [0.2, 0.25) is 0 Å². The van der Waals surface area contributed by atoms with Crippen LogP contribution in [0.25, 0.3) is 0 Å². The van der Waals surface area contributed by atoms with Crippen LogP contribution in [0, 0.1) is 0 Å². The number of fused-ring (bicyclic) bond motifs is 1. The van der Waals surface area contributed by atoms with Crippen molar-refractivity contribution < 1.29 is 23.4 Å². The maximum absolute atomic E-state index is 12.6. The first kappa shape index (κ1) is 9.92. The summed E-state index contributed by atoms with van der Waals surface area (Å²) in [6.07, 6.45) is -3.25. The number of aliphatic hydroxyl groups excluding tert-OH is 1. The average molecular weight is 214 g/mol. The second-order valence-corrected chi connectivity index (χ2v) is 3.05. The molecule has 15 heavy (non-hydrogen) atoms. The van der Waals surface area contributed by atoms with Crippen LogP contribution in [-0.2, 0) is 0 Å². The number of benzene rings is 1. The molecule has 2 rings (SSSR count). The lowest BCUT2D eigenvalue weighted by Crippen LogP contribution is -2.25. The smallest absolute Gasteiger partial charge is 0.395 e. The van der Waals surface area contributed by atoms with Crippen molar-refractivity contribution in [2.24, 2.45) is 0 Å². The van der Waals surface area contributed by atoms with Crippen LogP contribution in [0.1, 0.15) is 11.7 Å². The molecule has 1 aromatic rings. The molecule has 0 saturated heterocycles. The Morgan fingerprint density at radius 3 is 2.67 bits per heavy atom. The number of alkyl halides is 2. The van der Waals surface area contributed by atoms with Gasteiger partial charge in [-0.05, 0) is 17.7 Å². The minimum Gasteiger partial charge on any atom is -0.395 e. The Morgan fingerprint density at radius 2 is 2.00 bits per heavy atom. The van der Waals surface area contributed by atoms with Gasteiger partial charge in [0.15, 0.2) is 11.5 Å². The Morgan fingerprint density at radius 1 is 1.33 bits per heavy atom. The molecule has 0 amide bonds. The van der Waals surface area contributed by atoms with E-state index in [0.717, 1.165) is 0 Å². The molecule has 0 radical (unpaired) electrons. The van der Waals surface area contributed by atoms with Crippen LogP contribution in [-0.4, -0.2) is 11.4 Å². The summed E-state index contributed by atoms with van der Waals surface area (Å²) < 4.78 is 33.7. The van der Waals surface area contributed by atoms with Gasteiger partial charge in [-0.15, -0.1) is 15.4 Å². The summed E-state index contributed by atoms with van der Waals surface area (Å²) in [6, 6.07) is 4.08. The van der Waals surface area contributed by atoms with Gasteiger partial charge in [-0.3, -0.25) is 0 Å². The van der Waals surface area contributed by atoms with Gasteiger partial charge in [0.25, 0.3) is 0 Å². The van der Waals surface area contributed by atoms with Gasteiger partial charge >= 0.3 is 6.29 Å². The van der Waals surface area contributed by atoms with Crippen molar-refractivity contribution in [1.29, 1.82) is 0 Å². The van der Waals surface area contributed by atoms with Gasteiger partial charge in [-0.25, -0.2) is 0 Å². The summed E-state index contributed by atoms with van der Waals surface area (Å²) >= 11 is 0. The fourth-order valence-corrected chi connectivity index (χ4v) is 1.29. The van der Waals surface area contributed by atoms with Crippen LogP contribution in [0.5, 0.6) is 11.5 Å². The number of aliphatic hydroxyl groups is 1. The third-order valence-corrected chi connectivity index (χ3v) is 1.99. The van der Waals surface area contributed by atoms with Crippen molar-refractivity contribution in [2.75, 3.05) is 0 Å². The number of rotatable bonds is 2.